The van der Waals surface area contributed by atoms with Crippen molar-refractivity contribution < 1.29 is 0 Å². The van der Waals surface area contributed by atoms with Crippen molar-refractivity contribution in [1.82, 2.24) is 9.38 Å². The highest BCUT2D eigenvalue weighted by molar-refractivity contribution is 9.10. The van der Waals surface area contributed by atoms with Gasteiger partial charge in [0.15, 0.2) is 0 Å². The van der Waals surface area contributed by atoms with Crippen LogP contribution < -0.4 is 5.73 Å². The molecule has 0 unspecified atom stereocenters. The van der Waals surface area contributed by atoms with Crippen LogP contribution in [0.1, 0.15) is 26.5 Å². The lowest BCUT2D eigenvalue weighted by molar-refractivity contribution is 0.405. The summed E-state index contributed by atoms with van der Waals surface area (Å²) >= 11 is 3.54. The van der Waals surface area contributed by atoms with Crippen molar-refractivity contribution in [2.75, 3.05) is 5.73 Å². The van der Waals surface area contributed by atoms with Crippen molar-refractivity contribution in [3.8, 4) is 0 Å². The van der Waals surface area contributed by atoms with Crippen molar-refractivity contribution in [2.24, 2.45) is 5.41 Å². The number of hydrogen-bond donors (Lipinski definition) is 1. The lowest BCUT2D eigenvalue weighted by Crippen LogP contribution is -2.12. The minimum atomic E-state index is 0.194. The molecule has 0 aliphatic heterocycles. The number of pyridine rings is 1. The molecule has 0 atom stereocenters. The summed E-state index contributed by atoms with van der Waals surface area (Å²) in [5.41, 5.74) is 8.14. The molecule has 2 aromatic rings. The van der Waals surface area contributed by atoms with E-state index < -0.39 is 0 Å². The second-order valence-corrected chi connectivity index (χ2v) is 6.04. The van der Waals surface area contributed by atoms with Gasteiger partial charge in [-0.1, -0.05) is 26.8 Å². The van der Waals surface area contributed by atoms with Crippen LogP contribution in [0.15, 0.2) is 22.8 Å². The molecule has 0 fully saturated rings. The molecule has 0 bridgehead atoms. The number of aromatic nitrogens is 2. The van der Waals surface area contributed by atoms with Crippen LogP contribution in [-0.2, 0) is 6.42 Å². The maximum Gasteiger partial charge on any atom is 0.146 e. The monoisotopic (exact) mass is 281 g/mol. The number of rotatable bonds is 1. The fourth-order valence-electron chi connectivity index (χ4n) is 1.80. The lowest BCUT2D eigenvalue weighted by atomic mass is 9.90. The molecule has 0 aliphatic carbocycles. The van der Waals surface area contributed by atoms with Crippen LogP contribution >= 0.6 is 15.9 Å². The van der Waals surface area contributed by atoms with E-state index in [1.54, 1.807) is 0 Å². The highest BCUT2D eigenvalue weighted by atomic mass is 79.9. The molecule has 3 nitrogen and oxygen atoms in total. The quantitative estimate of drug-likeness (QED) is 0.816. The molecular formula is C12H16BrN3. The Morgan fingerprint density at radius 3 is 2.69 bits per heavy atom. The summed E-state index contributed by atoms with van der Waals surface area (Å²) in [5, 5.41) is 0. The highest BCUT2D eigenvalue weighted by Crippen LogP contribution is 2.27. The third-order valence-corrected chi connectivity index (χ3v) is 3.04. The van der Waals surface area contributed by atoms with Gasteiger partial charge in [0, 0.05) is 0 Å². The van der Waals surface area contributed by atoms with Gasteiger partial charge in [0.2, 0.25) is 0 Å². The molecule has 0 aromatic carbocycles. The topological polar surface area (TPSA) is 43.3 Å². The van der Waals surface area contributed by atoms with Gasteiger partial charge in [0.25, 0.3) is 0 Å². The van der Waals surface area contributed by atoms with Crippen LogP contribution in [0.3, 0.4) is 0 Å². The van der Waals surface area contributed by atoms with Crippen LogP contribution in [0, 0.1) is 5.41 Å². The normalized spacial score (nSPS) is 12.2. The van der Waals surface area contributed by atoms with Gasteiger partial charge in [0.05, 0.1) is 10.3 Å². The Morgan fingerprint density at radius 2 is 2.06 bits per heavy atom. The molecule has 2 heterocycles. The third kappa shape index (κ3) is 2.07. The van der Waals surface area contributed by atoms with Crippen molar-refractivity contribution in [3.05, 3.63) is 28.5 Å². The molecule has 2 aromatic heterocycles. The van der Waals surface area contributed by atoms with E-state index in [0.29, 0.717) is 5.82 Å². The average Bonchev–Trinajstić information content (AvgIpc) is 2.42. The van der Waals surface area contributed by atoms with E-state index in [2.05, 4.69) is 46.1 Å². The zero-order valence-electron chi connectivity index (χ0n) is 9.79. The second-order valence-electron chi connectivity index (χ2n) is 5.22. The fraction of sp³-hybridized carbons (Fsp3) is 0.417. The lowest BCUT2D eigenvalue weighted by Gasteiger charge is -2.18. The first-order valence-electron chi connectivity index (χ1n) is 5.30. The van der Waals surface area contributed by atoms with Gasteiger partial charge in [-0.15, -0.1) is 0 Å². The minimum Gasteiger partial charge on any atom is -0.382 e. The minimum absolute atomic E-state index is 0.194. The number of halogens is 1. The van der Waals surface area contributed by atoms with E-state index >= 15 is 0 Å². The molecule has 2 N–H and O–H groups in total. The fourth-order valence-corrected chi connectivity index (χ4v) is 2.35. The molecule has 0 radical (unpaired) electrons. The molecule has 16 heavy (non-hydrogen) atoms. The van der Waals surface area contributed by atoms with Crippen LogP contribution in [-0.4, -0.2) is 9.38 Å². The van der Waals surface area contributed by atoms with Crippen LogP contribution in [0.5, 0.6) is 0 Å². The van der Waals surface area contributed by atoms with E-state index in [-0.39, 0.29) is 5.41 Å². The van der Waals surface area contributed by atoms with Gasteiger partial charge < -0.3 is 5.73 Å². The summed E-state index contributed by atoms with van der Waals surface area (Å²) in [5.74, 6) is 0.627. The average molecular weight is 282 g/mol. The standard InChI is InChI=1S/C12H16BrN3/c1-12(2,3)7-8-11(14)15-10-6-4-5-9(13)16(8)10/h4-6H,7,14H2,1-3H3. The summed E-state index contributed by atoms with van der Waals surface area (Å²) in [4.78, 5) is 4.37. The summed E-state index contributed by atoms with van der Waals surface area (Å²) in [7, 11) is 0. The first-order chi connectivity index (χ1) is 7.38. The number of fused-ring (bicyclic) bond motifs is 1. The number of nitrogen functional groups attached to an aromatic ring is 1. The van der Waals surface area contributed by atoms with E-state index in [1.807, 2.05) is 18.2 Å². The summed E-state index contributed by atoms with van der Waals surface area (Å²) in [6.07, 6.45) is 0.905. The molecule has 0 saturated heterocycles. The first-order valence-corrected chi connectivity index (χ1v) is 6.09. The Morgan fingerprint density at radius 1 is 1.38 bits per heavy atom. The van der Waals surface area contributed by atoms with Crippen LogP contribution in [0.25, 0.3) is 5.65 Å². The molecular weight excluding hydrogens is 266 g/mol. The van der Waals surface area contributed by atoms with Gasteiger partial charge in [-0.05, 0) is 39.9 Å². The largest absolute Gasteiger partial charge is 0.382 e. The molecule has 4 heteroatoms. The van der Waals surface area contributed by atoms with Gasteiger partial charge in [-0.25, -0.2) is 4.98 Å². The molecule has 0 saturated carbocycles. The van der Waals surface area contributed by atoms with E-state index in [4.69, 9.17) is 5.73 Å². The number of hydrogen-bond acceptors (Lipinski definition) is 2. The summed E-state index contributed by atoms with van der Waals surface area (Å²) in [6.45, 7) is 6.59. The number of nitrogens with zero attached hydrogens (tertiary/aromatic N) is 2. The van der Waals surface area contributed by atoms with E-state index in [1.165, 1.54) is 0 Å². The van der Waals surface area contributed by atoms with Gasteiger partial charge in [-0.3, -0.25) is 4.40 Å². The van der Waals surface area contributed by atoms with Crippen LogP contribution in [0.2, 0.25) is 0 Å². The Hall–Kier alpha value is -1.03. The number of anilines is 1. The molecule has 0 aliphatic rings. The summed E-state index contributed by atoms with van der Waals surface area (Å²) < 4.78 is 3.06. The Labute approximate surface area is 104 Å². The molecule has 86 valence electrons. The Kier molecular flexibility index (Phi) is 2.70. The van der Waals surface area contributed by atoms with E-state index in [9.17, 15) is 0 Å². The Balaban J connectivity index is 2.64. The number of imidazole rings is 1. The van der Waals surface area contributed by atoms with Crippen LogP contribution in [0.4, 0.5) is 5.82 Å². The predicted molar refractivity (Wildman–Crippen MR) is 70.5 cm³/mol. The Bertz CT molecular complexity index is 523. The van der Waals surface area contributed by atoms with Crippen molar-refractivity contribution in [1.29, 1.82) is 0 Å². The third-order valence-electron chi connectivity index (χ3n) is 2.42. The van der Waals surface area contributed by atoms with Crippen molar-refractivity contribution in [3.63, 3.8) is 0 Å². The van der Waals surface area contributed by atoms with Crippen molar-refractivity contribution in [2.45, 2.75) is 27.2 Å². The van der Waals surface area contributed by atoms with Gasteiger partial charge in [-0.2, -0.15) is 0 Å². The van der Waals surface area contributed by atoms with E-state index in [0.717, 1.165) is 22.4 Å². The maximum absolute atomic E-state index is 5.98. The smallest absolute Gasteiger partial charge is 0.146 e. The zero-order valence-corrected chi connectivity index (χ0v) is 11.4. The first kappa shape index (κ1) is 11.5. The SMILES string of the molecule is CC(C)(C)Cc1c(N)nc2cccc(Br)n12. The molecule has 0 spiro atoms. The van der Waals surface area contributed by atoms with Crippen molar-refractivity contribution >= 4 is 27.4 Å². The van der Waals surface area contributed by atoms with Gasteiger partial charge in [0.1, 0.15) is 11.5 Å². The highest BCUT2D eigenvalue weighted by Gasteiger charge is 2.18. The predicted octanol–water partition coefficient (Wildman–Crippen LogP) is 3.27. The zero-order chi connectivity index (χ0) is 11.9. The number of nitrogens with two attached hydrogens (primary N) is 1. The molecule has 0 amide bonds. The maximum atomic E-state index is 5.98. The summed E-state index contributed by atoms with van der Waals surface area (Å²) in [6, 6.07) is 5.93. The second kappa shape index (κ2) is 3.77. The van der Waals surface area contributed by atoms with Gasteiger partial charge >= 0.3 is 0 Å². The molecule has 2 rings (SSSR count).